The standard InChI is InChI=1S/C23H24F3NO3/c24-23(25,26)16-7-6-8-17(13-16)29-15-21(28)27-19-14-22(11-4-1-5-12-22)30-20-10-3-2-9-18(19)20/h2-3,6-10,13,19H,1,4-5,11-12,14-15H2,(H,27,28). The number of halogens is 3. The number of rotatable bonds is 4. The van der Waals surface area contributed by atoms with Gasteiger partial charge in [-0.1, -0.05) is 30.7 Å². The molecule has 2 aromatic carbocycles. The molecule has 1 heterocycles. The highest BCUT2D eigenvalue weighted by atomic mass is 19.4. The zero-order valence-electron chi connectivity index (χ0n) is 16.5. The Morgan fingerprint density at radius 2 is 1.87 bits per heavy atom. The summed E-state index contributed by atoms with van der Waals surface area (Å²) in [4.78, 5) is 12.5. The van der Waals surface area contributed by atoms with Crippen LogP contribution in [-0.2, 0) is 11.0 Å². The van der Waals surface area contributed by atoms with Gasteiger partial charge in [-0.3, -0.25) is 4.79 Å². The third-order valence-electron chi connectivity index (χ3n) is 5.83. The molecule has 1 atom stereocenters. The number of amides is 1. The van der Waals surface area contributed by atoms with E-state index >= 15 is 0 Å². The number of benzene rings is 2. The topological polar surface area (TPSA) is 47.6 Å². The molecule has 7 heteroatoms. The van der Waals surface area contributed by atoms with E-state index in [1.807, 2.05) is 24.3 Å². The Balaban J connectivity index is 1.43. The molecule has 2 aromatic rings. The van der Waals surface area contributed by atoms with E-state index in [-0.39, 0.29) is 29.9 Å². The fourth-order valence-electron chi connectivity index (χ4n) is 4.40. The van der Waals surface area contributed by atoms with Crippen molar-refractivity contribution < 1.29 is 27.4 Å². The Labute approximate surface area is 173 Å². The molecule has 0 radical (unpaired) electrons. The quantitative estimate of drug-likeness (QED) is 0.719. The minimum atomic E-state index is -4.46. The van der Waals surface area contributed by atoms with Crippen LogP contribution in [0.2, 0.25) is 0 Å². The van der Waals surface area contributed by atoms with E-state index in [2.05, 4.69) is 5.32 Å². The lowest BCUT2D eigenvalue weighted by Gasteiger charge is -2.44. The number of hydrogen-bond acceptors (Lipinski definition) is 3. The largest absolute Gasteiger partial charge is 0.487 e. The van der Waals surface area contributed by atoms with Gasteiger partial charge in [0.25, 0.3) is 5.91 Å². The van der Waals surface area contributed by atoms with E-state index in [0.717, 1.165) is 49.1 Å². The SMILES string of the molecule is O=C(COc1cccc(C(F)(F)F)c1)NC1CC2(CCCCC2)Oc2ccccc21. The highest BCUT2D eigenvalue weighted by Gasteiger charge is 2.42. The molecule has 1 N–H and O–H groups in total. The van der Waals surface area contributed by atoms with Gasteiger partial charge in [0.2, 0.25) is 0 Å². The predicted octanol–water partition coefficient (Wildman–Crippen LogP) is 5.43. The number of alkyl halides is 3. The number of nitrogens with one attached hydrogen (secondary N) is 1. The second kappa shape index (κ2) is 8.20. The molecule has 2 aliphatic rings. The van der Waals surface area contributed by atoms with Crippen molar-refractivity contribution in [2.75, 3.05) is 6.61 Å². The predicted molar refractivity (Wildman–Crippen MR) is 105 cm³/mol. The van der Waals surface area contributed by atoms with Crippen LogP contribution in [0.1, 0.15) is 55.7 Å². The van der Waals surface area contributed by atoms with E-state index in [0.29, 0.717) is 6.42 Å². The molecule has 1 amide bonds. The van der Waals surface area contributed by atoms with E-state index in [9.17, 15) is 18.0 Å². The maximum atomic E-state index is 12.8. The summed E-state index contributed by atoms with van der Waals surface area (Å²) in [5, 5.41) is 3.00. The first-order chi connectivity index (χ1) is 14.3. The van der Waals surface area contributed by atoms with Gasteiger partial charge >= 0.3 is 6.18 Å². The molecule has 1 spiro atoms. The number of para-hydroxylation sites is 1. The van der Waals surface area contributed by atoms with Crippen LogP contribution in [0.15, 0.2) is 48.5 Å². The summed E-state index contributed by atoms with van der Waals surface area (Å²) in [5.74, 6) is 0.422. The van der Waals surface area contributed by atoms with Crippen molar-refractivity contribution >= 4 is 5.91 Å². The Morgan fingerprint density at radius 1 is 1.10 bits per heavy atom. The van der Waals surface area contributed by atoms with Gasteiger partial charge in [-0.05, 0) is 49.9 Å². The number of carbonyl (C=O) groups is 1. The molecule has 0 bridgehead atoms. The van der Waals surface area contributed by atoms with Crippen molar-refractivity contribution in [1.29, 1.82) is 0 Å². The van der Waals surface area contributed by atoms with Gasteiger partial charge < -0.3 is 14.8 Å². The summed E-state index contributed by atoms with van der Waals surface area (Å²) in [7, 11) is 0. The normalized spacial score (nSPS) is 20.2. The van der Waals surface area contributed by atoms with Crippen molar-refractivity contribution in [1.82, 2.24) is 5.32 Å². The fraction of sp³-hybridized carbons (Fsp3) is 0.435. The van der Waals surface area contributed by atoms with Gasteiger partial charge in [0, 0.05) is 12.0 Å². The number of ether oxygens (including phenoxy) is 2. The van der Waals surface area contributed by atoms with E-state index in [1.165, 1.54) is 18.6 Å². The Bertz CT molecular complexity index is 907. The summed E-state index contributed by atoms with van der Waals surface area (Å²) in [6.07, 6.45) is 1.52. The lowest BCUT2D eigenvalue weighted by Crippen LogP contribution is -2.47. The Hall–Kier alpha value is -2.70. The third kappa shape index (κ3) is 4.55. The van der Waals surface area contributed by atoms with E-state index < -0.39 is 11.7 Å². The van der Waals surface area contributed by atoms with Crippen LogP contribution in [0.4, 0.5) is 13.2 Å². The van der Waals surface area contributed by atoms with Gasteiger partial charge in [0.1, 0.15) is 17.1 Å². The minimum Gasteiger partial charge on any atom is -0.487 e. The molecular formula is C23H24F3NO3. The monoisotopic (exact) mass is 419 g/mol. The summed E-state index contributed by atoms with van der Waals surface area (Å²) < 4.78 is 50.2. The maximum Gasteiger partial charge on any atom is 0.416 e. The van der Waals surface area contributed by atoms with Crippen LogP contribution in [0.5, 0.6) is 11.5 Å². The van der Waals surface area contributed by atoms with Gasteiger partial charge in [-0.15, -0.1) is 0 Å². The molecule has 1 saturated carbocycles. The van der Waals surface area contributed by atoms with Gasteiger partial charge in [0.05, 0.1) is 11.6 Å². The summed E-state index contributed by atoms with van der Waals surface area (Å²) >= 11 is 0. The molecule has 160 valence electrons. The molecule has 1 aliphatic heterocycles. The van der Waals surface area contributed by atoms with E-state index in [1.54, 1.807) is 0 Å². The molecule has 4 rings (SSSR count). The molecule has 1 fully saturated rings. The van der Waals surface area contributed by atoms with Crippen LogP contribution >= 0.6 is 0 Å². The summed E-state index contributed by atoms with van der Waals surface area (Å²) in [6, 6.07) is 12.0. The van der Waals surface area contributed by atoms with Gasteiger partial charge in [-0.2, -0.15) is 13.2 Å². The Morgan fingerprint density at radius 3 is 2.63 bits per heavy atom. The number of fused-ring (bicyclic) bond motifs is 1. The number of hydrogen-bond donors (Lipinski definition) is 1. The molecular weight excluding hydrogens is 395 g/mol. The third-order valence-corrected chi connectivity index (χ3v) is 5.83. The smallest absolute Gasteiger partial charge is 0.416 e. The van der Waals surface area contributed by atoms with E-state index in [4.69, 9.17) is 9.47 Å². The van der Waals surface area contributed by atoms with Crippen LogP contribution in [0, 0.1) is 0 Å². The maximum absolute atomic E-state index is 12.8. The highest BCUT2D eigenvalue weighted by Crippen LogP contribution is 2.46. The molecule has 4 nitrogen and oxygen atoms in total. The second-order valence-corrected chi connectivity index (χ2v) is 8.02. The first-order valence-electron chi connectivity index (χ1n) is 10.2. The van der Waals surface area contributed by atoms with Crippen molar-refractivity contribution in [2.45, 2.75) is 56.3 Å². The Kier molecular flexibility index (Phi) is 5.62. The van der Waals surface area contributed by atoms with Crippen LogP contribution in [-0.4, -0.2) is 18.1 Å². The zero-order chi connectivity index (χ0) is 21.2. The summed E-state index contributed by atoms with van der Waals surface area (Å²) in [6.45, 7) is -0.353. The lowest BCUT2D eigenvalue weighted by atomic mass is 9.77. The van der Waals surface area contributed by atoms with Crippen LogP contribution in [0.3, 0.4) is 0 Å². The average Bonchev–Trinajstić information content (AvgIpc) is 2.72. The molecule has 1 unspecified atom stereocenters. The second-order valence-electron chi connectivity index (χ2n) is 8.02. The average molecular weight is 419 g/mol. The lowest BCUT2D eigenvalue weighted by molar-refractivity contribution is -0.137. The molecule has 30 heavy (non-hydrogen) atoms. The fourth-order valence-corrected chi connectivity index (χ4v) is 4.40. The van der Waals surface area contributed by atoms with Gasteiger partial charge in [-0.25, -0.2) is 0 Å². The van der Waals surface area contributed by atoms with Crippen LogP contribution in [0.25, 0.3) is 0 Å². The molecule has 1 aliphatic carbocycles. The van der Waals surface area contributed by atoms with Crippen molar-refractivity contribution in [3.63, 3.8) is 0 Å². The van der Waals surface area contributed by atoms with Crippen molar-refractivity contribution in [3.05, 3.63) is 59.7 Å². The van der Waals surface area contributed by atoms with Crippen molar-refractivity contribution in [3.8, 4) is 11.5 Å². The molecule has 0 aromatic heterocycles. The zero-order valence-corrected chi connectivity index (χ0v) is 16.5. The summed E-state index contributed by atoms with van der Waals surface area (Å²) in [5.41, 5.74) is -0.161. The van der Waals surface area contributed by atoms with Crippen LogP contribution < -0.4 is 14.8 Å². The van der Waals surface area contributed by atoms with Gasteiger partial charge in [0.15, 0.2) is 6.61 Å². The van der Waals surface area contributed by atoms with Crippen molar-refractivity contribution in [2.24, 2.45) is 0 Å². The number of carbonyl (C=O) groups excluding carboxylic acids is 1. The first-order valence-corrected chi connectivity index (χ1v) is 10.2. The highest BCUT2D eigenvalue weighted by molar-refractivity contribution is 5.78. The molecule has 0 saturated heterocycles. The minimum absolute atomic E-state index is 0.0103. The first kappa shape index (κ1) is 20.6.